The topological polar surface area (TPSA) is 8.17 Å². The Morgan fingerprint density at radius 1 is 0.242 bits per heavy atom. The van der Waals surface area contributed by atoms with Gasteiger partial charge in [0.05, 0.1) is 16.7 Å². The molecule has 66 heavy (non-hydrogen) atoms. The molecular weight excluding hydrogens is 797 g/mol. The Labute approximate surface area is 385 Å². The second-order valence-electron chi connectivity index (χ2n) is 16.9. The molecule has 0 bridgehead atoms. The Kier molecular flexibility index (Phi) is 9.89. The Morgan fingerprint density at radius 2 is 0.712 bits per heavy atom. The van der Waals surface area contributed by atoms with Gasteiger partial charge in [-0.1, -0.05) is 200 Å². The quantitative estimate of drug-likeness (QED) is 0.141. The Balaban J connectivity index is 1.05. The summed E-state index contributed by atoms with van der Waals surface area (Å²) in [5.74, 6) is 0. The second-order valence-corrected chi connectivity index (χ2v) is 16.9. The maximum absolute atomic E-state index is 2.44. The van der Waals surface area contributed by atoms with Crippen LogP contribution in [0.2, 0.25) is 0 Å². The molecule has 0 unspecified atom stereocenters. The minimum atomic E-state index is 1.07. The minimum Gasteiger partial charge on any atom is -0.310 e. The van der Waals surface area contributed by atoms with Crippen molar-refractivity contribution < 1.29 is 0 Å². The van der Waals surface area contributed by atoms with Crippen LogP contribution in [0.1, 0.15) is 0 Å². The summed E-state index contributed by atoms with van der Waals surface area (Å²) >= 11 is 0. The monoisotopic (exact) mass is 840 g/mol. The average Bonchev–Trinajstić information content (AvgIpc) is 3.74. The van der Waals surface area contributed by atoms with Crippen molar-refractivity contribution in [1.82, 2.24) is 4.57 Å². The molecule has 12 rings (SSSR count). The third kappa shape index (κ3) is 7.12. The summed E-state index contributed by atoms with van der Waals surface area (Å²) in [6.07, 6.45) is 0. The van der Waals surface area contributed by atoms with Gasteiger partial charge in [-0.3, -0.25) is 0 Å². The van der Waals surface area contributed by atoms with E-state index in [0.717, 1.165) is 45.0 Å². The number of hydrogen-bond acceptors (Lipinski definition) is 1. The van der Waals surface area contributed by atoms with Crippen LogP contribution in [0.4, 0.5) is 17.1 Å². The first-order chi connectivity index (χ1) is 32.7. The molecule has 1 heterocycles. The molecule has 0 saturated heterocycles. The molecule has 0 aliphatic heterocycles. The molecule has 0 atom stereocenters. The van der Waals surface area contributed by atoms with Gasteiger partial charge < -0.3 is 9.47 Å². The van der Waals surface area contributed by atoms with Gasteiger partial charge in [-0.2, -0.15) is 0 Å². The fraction of sp³-hybridized carbons (Fsp3) is 0. The first-order valence-electron chi connectivity index (χ1n) is 22.7. The molecule has 0 N–H and O–H groups in total. The molecule has 310 valence electrons. The van der Waals surface area contributed by atoms with Gasteiger partial charge in [-0.05, 0) is 128 Å². The fourth-order valence-electron chi connectivity index (χ4n) is 9.77. The lowest BCUT2D eigenvalue weighted by atomic mass is 9.91. The maximum Gasteiger partial charge on any atom is 0.0541 e. The smallest absolute Gasteiger partial charge is 0.0541 e. The molecule has 0 fully saturated rings. The molecule has 2 heteroatoms. The number of aromatic nitrogens is 1. The van der Waals surface area contributed by atoms with Gasteiger partial charge >= 0.3 is 0 Å². The largest absolute Gasteiger partial charge is 0.310 e. The average molecular weight is 841 g/mol. The van der Waals surface area contributed by atoms with Gasteiger partial charge in [0.15, 0.2) is 0 Å². The summed E-state index contributed by atoms with van der Waals surface area (Å²) in [5, 5.41) is 4.97. The number of benzene rings is 11. The van der Waals surface area contributed by atoms with Crippen LogP contribution in [0.3, 0.4) is 0 Å². The van der Waals surface area contributed by atoms with E-state index in [2.05, 4.69) is 276 Å². The Morgan fingerprint density at radius 3 is 1.39 bits per heavy atom. The van der Waals surface area contributed by atoms with Crippen molar-refractivity contribution >= 4 is 49.6 Å². The van der Waals surface area contributed by atoms with E-state index in [1.807, 2.05) is 0 Å². The molecule has 0 aliphatic carbocycles. The first-order valence-corrected chi connectivity index (χ1v) is 22.7. The zero-order valence-electron chi connectivity index (χ0n) is 36.3. The highest BCUT2D eigenvalue weighted by Gasteiger charge is 2.21. The second kappa shape index (κ2) is 16.8. The predicted molar refractivity (Wildman–Crippen MR) is 280 cm³/mol. The summed E-state index contributed by atoms with van der Waals surface area (Å²) in [6.45, 7) is 0. The Hall–Kier alpha value is -8.72. The van der Waals surface area contributed by atoms with Crippen molar-refractivity contribution in [3.63, 3.8) is 0 Å². The van der Waals surface area contributed by atoms with Crippen LogP contribution in [0, 0.1) is 0 Å². The van der Waals surface area contributed by atoms with Gasteiger partial charge in [0.2, 0.25) is 0 Å². The third-order valence-electron chi connectivity index (χ3n) is 13.0. The van der Waals surface area contributed by atoms with E-state index in [-0.39, 0.29) is 0 Å². The van der Waals surface area contributed by atoms with Gasteiger partial charge in [0, 0.05) is 33.4 Å². The van der Waals surface area contributed by atoms with E-state index in [0.29, 0.717) is 0 Å². The lowest BCUT2D eigenvalue weighted by Crippen LogP contribution is -2.10. The summed E-state index contributed by atoms with van der Waals surface area (Å²) in [6, 6.07) is 97.0. The normalized spacial score (nSPS) is 11.3. The van der Waals surface area contributed by atoms with Crippen LogP contribution < -0.4 is 4.90 Å². The number of fused-ring (bicyclic) bond motifs is 4. The summed E-state index contributed by atoms with van der Waals surface area (Å²) in [4.78, 5) is 2.39. The van der Waals surface area contributed by atoms with E-state index >= 15 is 0 Å². The molecule has 0 aliphatic rings. The van der Waals surface area contributed by atoms with Crippen molar-refractivity contribution in [1.29, 1.82) is 0 Å². The molecule has 0 radical (unpaired) electrons. The lowest BCUT2D eigenvalue weighted by molar-refractivity contribution is 1.18. The fourth-order valence-corrected chi connectivity index (χ4v) is 9.77. The van der Waals surface area contributed by atoms with E-state index in [1.54, 1.807) is 0 Å². The molecule has 2 nitrogen and oxygen atoms in total. The van der Waals surface area contributed by atoms with Crippen molar-refractivity contribution in [2.24, 2.45) is 0 Å². The van der Waals surface area contributed by atoms with Crippen LogP contribution in [0.15, 0.2) is 267 Å². The van der Waals surface area contributed by atoms with Gasteiger partial charge in [0.1, 0.15) is 0 Å². The van der Waals surface area contributed by atoms with E-state index in [4.69, 9.17) is 0 Å². The summed E-state index contributed by atoms with van der Waals surface area (Å²) < 4.78 is 2.44. The number of anilines is 3. The molecule has 0 amide bonds. The van der Waals surface area contributed by atoms with Gasteiger partial charge in [0.25, 0.3) is 0 Å². The summed E-state index contributed by atoms with van der Waals surface area (Å²) in [5.41, 5.74) is 18.5. The number of hydrogen-bond donors (Lipinski definition) is 0. The molecule has 12 aromatic rings. The highest BCUT2D eigenvalue weighted by Crippen LogP contribution is 2.45. The molecule has 0 spiro atoms. The van der Waals surface area contributed by atoms with Crippen LogP contribution in [0.5, 0.6) is 0 Å². The number of rotatable bonds is 9. The zero-order chi connectivity index (χ0) is 43.8. The molecule has 1 aromatic heterocycles. The minimum absolute atomic E-state index is 1.07. The van der Waals surface area contributed by atoms with Crippen LogP contribution >= 0.6 is 0 Å². The highest BCUT2D eigenvalue weighted by atomic mass is 15.1. The highest BCUT2D eigenvalue weighted by molar-refractivity contribution is 6.10. The van der Waals surface area contributed by atoms with E-state index < -0.39 is 0 Å². The SMILES string of the molecule is c1ccc(-c2ccc(N(c3ccc(-c4ccc5ccccc5c4)cc3)c3ccc(-c4ccccc4-n4c5ccccc5c5ccccc54)c(-c4cccc(-c5ccccc5)c4)c3)cc2)cc1. The van der Waals surface area contributed by atoms with E-state index in [1.165, 1.54) is 66.0 Å². The van der Waals surface area contributed by atoms with Gasteiger partial charge in [-0.15, -0.1) is 0 Å². The summed E-state index contributed by atoms with van der Waals surface area (Å²) in [7, 11) is 0. The lowest BCUT2D eigenvalue weighted by Gasteiger charge is -2.27. The Bertz CT molecular complexity index is 3630. The number of nitrogens with zero attached hydrogens (tertiary/aromatic N) is 2. The standard InChI is InChI=1S/C64H44N2/c1-3-16-45(17-4-1)48-32-36-54(37-33-48)65(55-38-34-49(35-39-55)52-31-30-47-20-7-8-21-50(47)42-52)56-40-41-57(61(44-56)53-23-15-22-51(43-53)46-18-5-2-6-19-46)58-24-9-12-27-62(58)66-63-28-13-10-25-59(63)60-26-11-14-29-64(60)66/h1-44H. The zero-order valence-corrected chi connectivity index (χ0v) is 36.3. The van der Waals surface area contributed by atoms with Crippen LogP contribution in [-0.2, 0) is 0 Å². The molecule has 11 aromatic carbocycles. The van der Waals surface area contributed by atoms with E-state index in [9.17, 15) is 0 Å². The third-order valence-corrected chi connectivity index (χ3v) is 13.0. The van der Waals surface area contributed by atoms with Crippen molar-refractivity contribution in [3.8, 4) is 61.3 Å². The molecular formula is C64H44N2. The molecule has 0 saturated carbocycles. The first kappa shape index (κ1) is 38.9. The van der Waals surface area contributed by atoms with Crippen molar-refractivity contribution in [2.45, 2.75) is 0 Å². The predicted octanol–water partition coefficient (Wildman–Crippen LogP) is 17.7. The van der Waals surface area contributed by atoms with Crippen LogP contribution in [-0.4, -0.2) is 4.57 Å². The van der Waals surface area contributed by atoms with Gasteiger partial charge in [-0.25, -0.2) is 0 Å². The maximum atomic E-state index is 2.44. The number of para-hydroxylation sites is 3. The van der Waals surface area contributed by atoms with Crippen LogP contribution in [0.25, 0.3) is 93.9 Å². The van der Waals surface area contributed by atoms with Crippen molar-refractivity contribution in [2.75, 3.05) is 4.90 Å². The van der Waals surface area contributed by atoms with Crippen molar-refractivity contribution in [3.05, 3.63) is 267 Å².